The summed E-state index contributed by atoms with van der Waals surface area (Å²) in [4.78, 5) is 4.88. The molecule has 7 rings (SSSR count). The number of piperazine rings is 1. The summed E-state index contributed by atoms with van der Waals surface area (Å²) < 4.78 is 6.22. The highest BCUT2D eigenvalue weighted by Gasteiger charge is 2.35. The van der Waals surface area contributed by atoms with E-state index >= 15 is 0 Å². The van der Waals surface area contributed by atoms with E-state index in [-0.39, 0.29) is 0 Å². The Labute approximate surface area is 262 Å². The molecule has 1 aliphatic carbocycles. The average Bonchev–Trinajstić information content (AvgIpc) is 3.08. The van der Waals surface area contributed by atoms with Crippen molar-refractivity contribution in [1.29, 1.82) is 0 Å². The highest BCUT2D eigenvalue weighted by atomic mass is 16.5. The van der Waals surface area contributed by atoms with Crippen LogP contribution in [-0.4, -0.2) is 61.4 Å². The smallest absolute Gasteiger partial charge is 0.120 e. The summed E-state index contributed by atoms with van der Waals surface area (Å²) in [5, 5.41) is 14.8. The zero-order valence-corrected chi connectivity index (χ0v) is 25.7. The molecule has 2 N–H and O–H groups in total. The summed E-state index contributed by atoms with van der Waals surface area (Å²) in [6.07, 6.45) is 3.80. The van der Waals surface area contributed by atoms with Crippen molar-refractivity contribution in [3.05, 3.63) is 131 Å². The molecule has 0 bridgehead atoms. The lowest BCUT2D eigenvalue weighted by Gasteiger charge is -2.42. The van der Waals surface area contributed by atoms with Gasteiger partial charge in [0.2, 0.25) is 0 Å². The molecular weight excluding hydrogens is 542 g/mol. The van der Waals surface area contributed by atoms with Gasteiger partial charge in [0.25, 0.3) is 0 Å². The fraction of sp³-hybridized carbons (Fsp3) is 0.385. The number of fused-ring (bicyclic) bond motifs is 1. The molecule has 2 fully saturated rings. The fourth-order valence-electron chi connectivity index (χ4n) is 7.62. The van der Waals surface area contributed by atoms with Crippen LogP contribution in [0, 0.1) is 0 Å². The van der Waals surface area contributed by atoms with Gasteiger partial charge in [-0.1, -0.05) is 78.9 Å². The van der Waals surface area contributed by atoms with Gasteiger partial charge >= 0.3 is 0 Å². The third kappa shape index (κ3) is 6.56. The number of ether oxygens (including phenoxy) is 1. The quantitative estimate of drug-likeness (QED) is 0.251. The van der Waals surface area contributed by atoms with Crippen LogP contribution in [0.15, 0.2) is 103 Å². The number of benzene rings is 4. The van der Waals surface area contributed by atoms with Gasteiger partial charge in [0.05, 0.1) is 5.60 Å². The predicted molar refractivity (Wildman–Crippen MR) is 179 cm³/mol. The molecule has 2 atom stereocenters. The maximum absolute atomic E-state index is 11.3. The largest absolute Gasteiger partial charge is 0.489 e. The minimum absolute atomic E-state index is 0.295. The van der Waals surface area contributed by atoms with Crippen LogP contribution in [-0.2, 0) is 13.0 Å². The van der Waals surface area contributed by atoms with Gasteiger partial charge in [-0.25, -0.2) is 0 Å². The summed E-state index contributed by atoms with van der Waals surface area (Å²) in [6, 6.07) is 37.5. The monoisotopic (exact) mass is 587 g/mol. The maximum Gasteiger partial charge on any atom is 0.120 e. The van der Waals surface area contributed by atoms with Crippen LogP contribution >= 0.6 is 0 Å². The van der Waals surface area contributed by atoms with E-state index in [1.165, 1.54) is 33.5 Å². The van der Waals surface area contributed by atoms with Crippen LogP contribution in [0.2, 0.25) is 0 Å². The predicted octanol–water partition coefficient (Wildman–Crippen LogP) is 6.36. The van der Waals surface area contributed by atoms with Gasteiger partial charge in [0, 0.05) is 57.4 Å². The van der Waals surface area contributed by atoms with E-state index in [1.54, 1.807) is 0 Å². The first kappa shape index (κ1) is 29.1. The number of rotatable bonds is 8. The van der Waals surface area contributed by atoms with Gasteiger partial charge in [0.15, 0.2) is 0 Å². The van der Waals surface area contributed by atoms with Crippen molar-refractivity contribution in [3.8, 4) is 5.75 Å². The summed E-state index contributed by atoms with van der Waals surface area (Å²) in [7, 11) is 0. The third-order valence-corrected chi connectivity index (χ3v) is 10.1. The molecule has 4 aromatic rings. The second-order valence-corrected chi connectivity index (χ2v) is 13.0. The van der Waals surface area contributed by atoms with Crippen molar-refractivity contribution < 1.29 is 9.84 Å². The molecule has 0 saturated carbocycles. The summed E-state index contributed by atoms with van der Waals surface area (Å²) in [6.45, 7) is 7.28. The molecule has 0 amide bonds. The molecule has 3 aliphatic rings. The third-order valence-electron chi connectivity index (χ3n) is 10.1. The van der Waals surface area contributed by atoms with E-state index < -0.39 is 5.60 Å². The highest BCUT2D eigenvalue weighted by Crippen LogP contribution is 2.47. The Bertz CT molecular complexity index is 1490. The molecule has 0 unspecified atom stereocenters. The zero-order chi connectivity index (χ0) is 29.8. The van der Waals surface area contributed by atoms with Crippen LogP contribution < -0.4 is 15.0 Å². The van der Waals surface area contributed by atoms with E-state index in [4.69, 9.17) is 4.74 Å². The van der Waals surface area contributed by atoms with Crippen molar-refractivity contribution in [2.24, 2.45) is 0 Å². The number of aliphatic hydroxyl groups is 1. The van der Waals surface area contributed by atoms with Gasteiger partial charge in [-0.15, -0.1) is 0 Å². The first-order valence-electron chi connectivity index (χ1n) is 16.5. The number of nitrogens with zero attached hydrogens (tertiary/aromatic N) is 2. The minimum atomic E-state index is -0.577. The molecule has 5 heteroatoms. The number of hydrogen-bond donors (Lipinski definition) is 2. The molecular formula is C39H45N3O2. The van der Waals surface area contributed by atoms with Crippen LogP contribution in [0.1, 0.15) is 58.9 Å². The molecule has 0 aromatic heterocycles. The lowest BCUT2D eigenvalue weighted by Crippen LogP contribution is -2.54. The summed E-state index contributed by atoms with van der Waals surface area (Å²) in [5.41, 5.74) is 7.47. The number of nitrogens with one attached hydrogen (secondary N) is 1. The topological polar surface area (TPSA) is 48.0 Å². The second-order valence-electron chi connectivity index (χ2n) is 13.0. The number of aryl methyl sites for hydroxylation is 1. The van der Waals surface area contributed by atoms with Crippen molar-refractivity contribution in [3.63, 3.8) is 0 Å². The molecule has 2 aliphatic heterocycles. The van der Waals surface area contributed by atoms with E-state index in [2.05, 4.69) is 112 Å². The molecule has 228 valence electrons. The molecule has 2 heterocycles. The number of β-amino-alcohol motifs (C(OH)–C–C–N with tert-alkyl or cyclic N) is 1. The first-order valence-corrected chi connectivity index (χ1v) is 16.5. The lowest BCUT2D eigenvalue weighted by molar-refractivity contribution is -0.0186. The normalized spacial score (nSPS) is 21.9. The minimum Gasteiger partial charge on any atom is -0.489 e. The van der Waals surface area contributed by atoms with E-state index in [0.717, 1.165) is 77.2 Å². The van der Waals surface area contributed by atoms with Crippen LogP contribution in [0.25, 0.3) is 0 Å². The van der Waals surface area contributed by atoms with E-state index in [9.17, 15) is 5.11 Å². The van der Waals surface area contributed by atoms with Gasteiger partial charge in [-0.2, -0.15) is 0 Å². The average molecular weight is 588 g/mol. The standard InChI is InChI=1S/C39H45N3O2/c43-39(29-41-25-21-40-22-26-41)19-23-42(24-20-39)34-14-11-32(12-15-34)38-36(31-9-5-2-6-10-31)17-13-33-27-35(16-18-37(33)38)44-28-30-7-3-1-4-8-30/h1-12,14-16,18,27,36,38,40,43H,13,17,19-26,28-29H2/t36-,38+/m1/s1. The number of anilines is 1. The zero-order valence-electron chi connectivity index (χ0n) is 25.7. The molecule has 5 nitrogen and oxygen atoms in total. The van der Waals surface area contributed by atoms with Gasteiger partial charge in [0.1, 0.15) is 12.4 Å². The van der Waals surface area contributed by atoms with Crippen LogP contribution in [0.4, 0.5) is 5.69 Å². The van der Waals surface area contributed by atoms with Crippen LogP contribution in [0.5, 0.6) is 5.75 Å². The summed E-state index contributed by atoms with van der Waals surface area (Å²) in [5.74, 6) is 1.67. The SMILES string of the molecule is OC1(CN2CCNCC2)CCN(c2ccc([C@@H]3c4ccc(OCc5ccccc5)cc4CC[C@@H]3c3ccccc3)cc2)CC1. The highest BCUT2D eigenvalue weighted by molar-refractivity contribution is 5.53. The number of piperidine rings is 1. The van der Waals surface area contributed by atoms with E-state index in [0.29, 0.717) is 18.4 Å². The molecule has 2 saturated heterocycles. The molecule has 44 heavy (non-hydrogen) atoms. The Morgan fingerprint density at radius 2 is 1.48 bits per heavy atom. The van der Waals surface area contributed by atoms with Crippen molar-refractivity contribution in [2.75, 3.05) is 50.7 Å². The lowest BCUT2D eigenvalue weighted by atomic mass is 9.69. The van der Waals surface area contributed by atoms with E-state index in [1.807, 2.05) is 6.07 Å². The van der Waals surface area contributed by atoms with Gasteiger partial charge < -0.3 is 20.1 Å². The number of hydrogen-bond acceptors (Lipinski definition) is 5. The van der Waals surface area contributed by atoms with Crippen molar-refractivity contribution in [1.82, 2.24) is 10.2 Å². The Kier molecular flexibility index (Phi) is 8.70. The Hall–Kier alpha value is -3.64. The molecule has 0 spiro atoms. The van der Waals surface area contributed by atoms with Gasteiger partial charge in [-0.05, 0) is 83.7 Å². The summed E-state index contributed by atoms with van der Waals surface area (Å²) >= 11 is 0. The maximum atomic E-state index is 11.3. The first-order chi connectivity index (χ1) is 21.6. The molecule has 0 radical (unpaired) electrons. The Morgan fingerprint density at radius 3 is 2.20 bits per heavy atom. The Morgan fingerprint density at radius 1 is 0.773 bits per heavy atom. The fourth-order valence-corrected chi connectivity index (χ4v) is 7.62. The van der Waals surface area contributed by atoms with Crippen LogP contribution in [0.3, 0.4) is 0 Å². The van der Waals surface area contributed by atoms with Crippen molar-refractivity contribution >= 4 is 5.69 Å². The van der Waals surface area contributed by atoms with Crippen molar-refractivity contribution in [2.45, 2.75) is 49.7 Å². The van der Waals surface area contributed by atoms with Gasteiger partial charge in [-0.3, -0.25) is 4.90 Å². The second kappa shape index (κ2) is 13.2. The molecule has 4 aromatic carbocycles. The Balaban J connectivity index is 1.08.